The minimum atomic E-state index is -0.441. The van der Waals surface area contributed by atoms with Crippen molar-refractivity contribution in [2.24, 2.45) is 0 Å². The Kier molecular flexibility index (Phi) is 4.91. The lowest BCUT2D eigenvalue weighted by Crippen LogP contribution is -2.40. The molecule has 0 radical (unpaired) electrons. The van der Waals surface area contributed by atoms with Crippen molar-refractivity contribution in [1.82, 2.24) is 4.90 Å². The fraction of sp³-hybridized carbons (Fsp3) is 0.238. The highest BCUT2D eigenvalue weighted by Gasteiger charge is 2.43. The van der Waals surface area contributed by atoms with Crippen molar-refractivity contribution < 1.29 is 18.7 Å². The van der Waals surface area contributed by atoms with E-state index in [1.807, 2.05) is 11.8 Å². The molecule has 0 aliphatic carbocycles. The summed E-state index contributed by atoms with van der Waals surface area (Å²) in [6.45, 7) is 3.76. The predicted molar refractivity (Wildman–Crippen MR) is 104 cm³/mol. The van der Waals surface area contributed by atoms with E-state index in [9.17, 15) is 14.0 Å². The second-order valence-corrected chi connectivity index (χ2v) is 7.14. The molecule has 144 valence electrons. The van der Waals surface area contributed by atoms with Crippen molar-refractivity contribution in [3.63, 3.8) is 0 Å². The molecule has 2 heterocycles. The van der Waals surface area contributed by atoms with Crippen LogP contribution in [0.3, 0.4) is 0 Å². The number of imide groups is 1. The molecule has 0 bridgehead atoms. The Morgan fingerprint density at radius 1 is 1.00 bits per heavy atom. The quantitative estimate of drug-likeness (QED) is 0.741. The predicted octanol–water partition coefficient (Wildman–Crippen LogP) is 3.40. The number of nitrogens with zero attached hydrogens (tertiary/aromatic N) is 2. The first-order valence-corrected chi connectivity index (χ1v) is 9.33. The number of halogens is 2. The van der Waals surface area contributed by atoms with Gasteiger partial charge < -0.3 is 9.64 Å². The summed E-state index contributed by atoms with van der Waals surface area (Å²) in [4.78, 5) is 29.8. The fourth-order valence-corrected chi connectivity index (χ4v) is 3.68. The average molecular weight is 401 g/mol. The lowest BCUT2D eigenvalue weighted by atomic mass is 10.0. The third-order valence-corrected chi connectivity index (χ3v) is 5.17. The molecule has 0 saturated carbocycles. The highest BCUT2D eigenvalue weighted by molar-refractivity contribution is 6.45. The summed E-state index contributed by atoms with van der Waals surface area (Å²) >= 11 is 6.12. The van der Waals surface area contributed by atoms with Crippen LogP contribution in [0.1, 0.15) is 11.1 Å². The van der Waals surface area contributed by atoms with Gasteiger partial charge in [-0.25, -0.2) is 9.29 Å². The van der Waals surface area contributed by atoms with E-state index in [0.717, 1.165) is 10.5 Å². The fourth-order valence-electron chi connectivity index (χ4n) is 3.52. The summed E-state index contributed by atoms with van der Waals surface area (Å²) < 4.78 is 18.8. The Morgan fingerprint density at radius 3 is 2.36 bits per heavy atom. The maximum Gasteiger partial charge on any atom is 0.282 e. The van der Waals surface area contributed by atoms with Crippen molar-refractivity contribution >= 4 is 34.7 Å². The summed E-state index contributed by atoms with van der Waals surface area (Å²) in [6.07, 6.45) is 0. The molecule has 2 aromatic carbocycles. The van der Waals surface area contributed by atoms with Crippen molar-refractivity contribution in [2.75, 3.05) is 31.2 Å². The number of morpholine rings is 1. The second-order valence-electron chi connectivity index (χ2n) is 6.71. The zero-order valence-corrected chi connectivity index (χ0v) is 16.0. The Labute approximate surface area is 166 Å². The third kappa shape index (κ3) is 3.19. The molecule has 0 aromatic heterocycles. The van der Waals surface area contributed by atoms with E-state index < -0.39 is 17.6 Å². The van der Waals surface area contributed by atoms with Gasteiger partial charge in [0.2, 0.25) is 0 Å². The van der Waals surface area contributed by atoms with Gasteiger partial charge in [-0.15, -0.1) is 0 Å². The molecule has 1 fully saturated rings. The molecule has 0 N–H and O–H groups in total. The van der Waals surface area contributed by atoms with E-state index in [0.29, 0.717) is 48.3 Å². The second kappa shape index (κ2) is 7.37. The smallest absolute Gasteiger partial charge is 0.282 e. The number of anilines is 1. The number of carbonyl (C=O) groups excluding carboxylic acids is 2. The van der Waals surface area contributed by atoms with Crippen LogP contribution in [0.4, 0.5) is 10.1 Å². The van der Waals surface area contributed by atoms with E-state index in [1.54, 1.807) is 18.2 Å². The molecule has 7 heteroatoms. The Morgan fingerprint density at radius 2 is 1.68 bits per heavy atom. The zero-order valence-electron chi connectivity index (χ0n) is 15.2. The van der Waals surface area contributed by atoms with Crippen LogP contribution in [0.5, 0.6) is 0 Å². The Balaban J connectivity index is 1.85. The number of hydrogen-bond acceptors (Lipinski definition) is 4. The topological polar surface area (TPSA) is 49.9 Å². The largest absolute Gasteiger partial charge is 0.378 e. The van der Waals surface area contributed by atoms with Crippen LogP contribution in [0.25, 0.3) is 5.57 Å². The van der Waals surface area contributed by atoms with Crippen molar-refractivity contribution in [3.05, 3.63) is 70.1 Å². The molecule has 0 unspecified atom stereocenters. The monoisotopic (exact) mass is 400 g/mol. The van der Waals surface area contributed by atoms with Crippen molar-refractivity contribution in [1.29, 1.82) is 0 Å². The molecule has 2 aliphatic heterocycles. The van der Waals surface area contributed by atoms with E-state index >= 15 is 0 Å². The third-order valence-electron chi connectivity index (χ3n) is 4.93. The standard InChI is InChI=1S/C21H18ClFN2O3/c1-13-2-5-15(22)12-17(13)25-20(26)18(14-3-6-16(23)7-4-14)19(21(25)27)24-8-10-28-11-9-24/h2-7,12H,8-11H2,1H3. The van der Waals surface area contributed by atoms with Crippen molar-refractivity contribution in [2.45, 2.75) is 6.92 Å². The maximum absolute atomic E-state index is 13.4. The van der Waals surface area contributed by atoms with Crippen LogP contribution in [-0.4, -0.2) is 43.0 Å². The first kappa shape index (κ1) is 18.7. The molecular weight excluding hydrogens is 383 g/mol. The summed E-state index contributed by atoms with van der Waals surface area (Å²) in [6, 6.07) is 10.7. The normalized spacial score (nSPS) is 17.7. The van der Waals surface area contributed by atoms with Gasteiger partial charge in [-0.1, -0.05) is 29.8 Å². The van der Waals surface area contributed by atoms with Gasteiger partial charge in [0.25, 0.3) is 11.8 Å². The van der Waals surface area contributed by atoms with Crippen LogP contribution in [0.15, 0.2) is 48.2 Å². The number of hydrogen-bond donors (Lipinski definition) is 0. The minimum Gasteiger partial charge on any atom is -0.378 e. The zero-order chi connectivity index (χ0) is 19.8. The maximum atomic E-state index is 13.4. The highest BCUT2D eigenvalue weighted by Crippen LogP contribution is 2.37. The number of amides is 2. The molecule has 0 atom stereocenters. The van der Waals surface area contributed by atoms with Crippen LogP contribution >= 0.6 is 11.6 Å². The van der Waals surface area contributed by atoms with Crippen LogP contribution < -0.4 is 4.90 Å². The van der Waals surface area contributed by atoms with Gasteiger partial charge in [-0.3, -0.25) is 9.59 Å². The van der Waals surface area contributed by atoms with Crippen LogP contribution in [0.2, 0.25) is 5.02 Å². The van der Waals surface area contributed by atoms with E-state index in [4.69, 9.17) is 16.3 Å². The van der Waals surface area contributed by atoms with E-state index in [-0.39, 0.29) is 5.57 Å². The lowest BCUT2D eigenvalue weighted by Gasteiger charge is -2.29. The molecule has 2 aliphatic rings. The summed E-state index contributed by atoms with van der Waals surface area (Å²) in [5, 5.41) is 0.435. The molecule has 4 rings (SSSR count). The first-order valence-electron chi connectivity index (χ1n) is 8.95. The lowest BCUT2D eigenvalue weighted by molar-refractivity contribution is -0.121. The van der Waals surface area contributed by atoms with Crippen molar-refractivity contribution in [3.8, 4) is 0 Å². The molecule has 2 amide bonds. The molecule has 1 saturated heterocycles. The summed E-state index contributed by atoms with van der Waals surface area (Å²) in [5.74, 6) is -1.25. The van der Waals surface area contributed by atoms with Gasteiger partial charge in [0, 0.05) is 18.1 Å². The molecule has 2 aromatic rings. The average Bonchev–Trinajstić information content (AvgIpc) is 2.95. The molecule has 5 nitrogen and oxygen atoms in total. The summed E-state index contributed by atoms with van der Waals surface area (Å²) in [7, 11) is 0. The van der Waals surface area contributed by atoms with Crippen LogP contribution in [0, 0.1) is 12.7 Å². The van der Waals surface area contributed by atoms with Gasteiger partial charge >= 0.3 is 0 Å². The SMILES string of the molecule is Cc1ccc(Cl)cc1N1C(=O)C(c2ccc(F)cc2)=C(N2CCOCC2)C1=O. The Hall–Kier alpha value is -2.70. The number of rotatable bonds is 3. The van der Waals surface area contributed by atoms with Crippen LogP contribution in [-0.2, 0) is 14.3 Å². The van der Waals surface area contributed by atoms with Gasteiger partial charge in [-0.2, -0.15) is 0 Å². The number of aryl methyl sites for hydroxylation is 1. The molecule has 28 heavy (non-hydrogen) atoms. The number of carbonyl (C=O) groups is 2. The number of ether oxygens (including phenoxy) is 1. The van der Waals surface area contributed by atoms with E-state index in [2.05, 4.69) is 0 Å². The molecule has 0 spiro atoms. The van der Waals surface area contributed by atoms with Gasteiger partial charge in [0.15, 0.2) is 0 Å². The van der Waals surface area contributed by atoms with Gasteiger partial charge in [0.1, 0.15) is 11.5 Å². The first-order chi connectivity index (χ1) is 13.5. The highest BCUT2D eigenvalue weighted by atomic mass is 35.5. The number of benzene rings is 2. The summed E-state index contributed by atoms with van der Waals surface area (Å²) in [5.41, 5.74) is 2.30. The van der Waals surface area contributed by atoms with Gasteiger partial charge in [0.05, 0.1) is 24.5 Å². The Bertz CT molecular complexity index is 982. The van der Waals surface area contributed by atoms with Gasteiger partial charge in [-0.05, 0) is 42.3 Å². The minimum absolute atomic E-state index is 0.270. The van der Waals surface area contributed by atoms with E-state index in [1.165, 1.54) is 24.3 Å². The molecular formula is C21H18ClFN2O3.